The summed E-state index contributed by atoms with van der Waals surface area (Å²) in [6.07, 6.45) is 0. The molecule has 0 atom stereocenters. The minimum absolute atomic E-state index is 0.212. The predicted molar refractivity (Wildman–Crippen MR) is 129 cm³/mol. The maximum atomic E-state index is 13.3. The highest BCUT2D eigenvalue weighted by molar-refractivity contribution is 7.99. The molecule has 5 rings (SSSR count). The normalized spacial score (nSPS) is 14.2. The molecule has 1 aliphatic rings. The molecule has 0 spiro atoms. The van der Waals surface area contributed by atoms with Crippen LogP contribution in [0.5, 0.6) is 0 Å². The smallest absolute Gasteiger partial charge is 0.351 e. The fraction of sp³-hybridized carbons (Fsp3) is 0.273. The van der Waals surface area contributed by atoms with Crippen molar-refractivity contribution >= 4 is 57.5 Å². The van der Waals surface area contributed by atoms with E-state index in [-0.39, 0.29) is 18.1 Å². The zero-order valence-electron chi connectivity index (χ0n) is 17.4. The number of nitrogens with one attached hydrogen (secondary N) is 1. The van der Waals surface area contributed by atoms with E-state index in [1.165, 1.54) is 4.68 Å². The van der Waals surface area contributed by atoms with Crippen LogP contribution in [0.4, 0.5) is 11.5 Å². The lowest BCUT2D eigenvalue weighted by atomic mass is 10.2. The highest BCUT2D eigenvalue weighted by atomic mass is 35.5. The third kappa shape index (κ3) is 3.82. The van der Waals surface area contributed by atoms with Gasteiger partial charge in [-0.05, 0) is 36.8 Å². The van der Waals surface area contributed by atoms with Crippen LogP contribution in [0.1, 0.15) is 5.56 Å². The second-order valence-electron chi connectivity index (χ2n) is 7.63. The molecular formula is C22H21ClN6O2S. The van der Waals surface area contributed by atoms with Gasteiger partial charge < -0.3 is 10.2 Å². The van der Waals surface area contributed by atoms with Crippen molar-refractivity contribution in [1.29, 1.82) is 0 Å². The molecule has 0 aliphatic carbocycles. The molecule has 0 bridgehead atoms. The third-order valence-electron chi connectivity index (χ3n) is 5.47. The summed E-state index contributed by atoms with van der Waals surface area (Å²) in [6.45, 7) is 3.34. The molecule has 4 aromatic rings. The summed E-state index contributed by atoms with van der Waals surface area (Å²) >= 11 is 7.95. The Morgan fingerprint density at radius 2 is 1.97 bits per heavy atom. The number of thioether (sulfide) groups is 1. The number of anilines is 2. The lowest BCUT2D eigenvalue weighted by molar-refractivity contribution is -0.117. The maximum absolute atomic E-state index is 13.3. The Labute approximate surface area is 193 Å². The standard InChI is InChI=1S/C22H21ClN6O2S/c1-14-6-7-15(23)12-17(14)24-19(30)13-28-22(31)29-18-5-3-2-4-16(18)25-20(21(29)26-28)27-8-10-32-11-9-27/h2-7,12H,8-11,13H2,1H3,(H,24,30). The average molecular weight is 469 g/mol. The summed E-state index contributed by atoms with van der Waals surface area (Å²) in [5.41, 5.74) is 2.97. The van der Waals surface area contributed by atoms with Crippen molar-refractivity contribution in [3.05, 3.63) is 63.5 Å². The second-order valence-corrected chi connectivity index (χ2v) is 9.29. The Morgan fingerprint density at radius 3 is 2.78 bits per heavy atom. The van der Waals surface area contributed by atoms with Crippen LogP contribution in [0.25, 0.3) is 16.7 Å². The SMILES string of the molecule is Cc1ccc(Cl)cc1NC(=O)Cn1nc2c(N3CCSCC3)nc3ccccc3n2c1=O. The third-order valence-corrected chi connectivity index (χ3v) is 6.64. The Bertz CT molecular complexity index is 1390. The number of hydrogen-bond donors (Lipinski definition) is 1. The fourth-order valence-electron chi connectivity index (χ4n) is 3.83. The molecule has 3 heterocycles. The van der Waals surface area contributed by atoms with E-state index in [9.17, 15) is 9.59 Å². The minimum Gasteiger partial charge on any atom is -0.352 e. The highest BCUT2D eigenvalue weighted by Gasteiger charge is 2.22. The monoisotopic (exact) mass is 468 g/mol. The first-order valence-corrected chi connectivity index (χ1v) is 11.8. The molecule has 1 amide bonds. The number of para-hydroxylation sites is 2. The van der Waals surface area contributed by atoms with Gasteiger partial charge in [0.2, 0.25) is 11.6 Å². The largest absolute Gasteiger partial charge is 0.352 e. The van der Waals surface area contributed by atoms with E-state index in [0.29, 0.717) is 33.2 Å². The van der Waals surface area contributed by atoms with E-state index in [2.05, 4.69) is 15.3 Å². The van der Waals surface area contributed by atoms with E-state index in [1.807, 2.05) is 49.0 Å². The molecular weight excluding hydrogens is 448 g/mol. The summed E-state index contributed by atoms with van der Waals surface area (Å²) in [7, 11) is 0. The van der Waals surface area contributed by atoms with Gasteiger partial charge in [0, 0.05) is 35.3 Å². The van der Waals surface area contributed by atoms with Gasteiger partial charge in [0.1, 0.15) is 6.54 Å². The molecule has 1 fully saturated rings. The van der Waals surface area contributed by atoms with Crippen LogP contribution in [-0.2, 0) is 11.3 Å². The Balaban J connectivity index is 1.56. The molecule has 164 valence electrons. The van der Waals surface area contributed by atoms with E-state index in [0.717, 1.165) is 30.2 Å². The van der Waals surface area contributed by atoms with Crippen LogP contribution in [0.15, 0.2) is 47.3 Å². The lowest BCUT2D eigenvalue weighted by Gasteiger charge is -2.27. The zero-order valence-corrected chi connectivity index (χ0v) is 19.0. The molecule has 2 aromatic carbocycles. The van der Waals surface area contributed by atoms with Gasteiger partial charge in [-0.25, -0.2) is 18.9 Å². The number of fused-ring (bicyclic) bond motifs is 3. The number of carbonyl (C=O) groups excluding carboxylic acids is 1. The van der Waals surface area contributed by atoms with Crippen LogP contribution in [0.3, 0.4) is 0 Å². The quantitative estimate of drug-likeness (QED) is 0.495. The molecule has 1 aliphatic heterocycles. The van der Waals surface area contributed by atoms with Crippen LogP contribution in [0.2, 0.25) is 5.02 Å². The first-order chi connectivity index (χ1) is 15.5. The zero-order chi connectivity index (χ0) is 22.2. The summed E-state index contributed by atoms with van der Waals surface area (Å²) in [5.74, 6) is 2.31. The number of amides is 1. The van der Waals surface area contributed by atoms with Crippen molar-refractivity contribution in [3.8, 4) is 0 Å². The van der Waals surface area contributed by atoms with Gasteiger partial charge >= 0.3 is 5.69 Å². The molecule has 1 N–H and O–H groups in total. The van der Waals surface area contributed by atoms with Gasteiger partial charge in [0.25, 0.3) is 0 Å². The van der Waals surface area contributed by atoms with Crippen molar-refractivity contribution in [3.63, 3.8) is 0 Å². The van der Waals surface area contributed by atoms with Gasteiger partial charge in [-0.15, -0.1) is 5.10 Å². The van der Waals surface area contributed by atoms with Crippen molar-refractivity contribution in [2.24, 2.45) is 0 Å². The topological polar surface area (TPSA) is 84.5 Å². The summed E-state index contributed by atoms with van der Waals surface area (Å²) in [4.78, 5) is 33.0. The van der Waals surface area contributed by atoms with Crippen LogP contribution in [0, 0.1) is 6.92 Å². The summed E-state index contributed by atoms with van der Waals surface area (Å²) < 4.78 is 2.75. The van der Waals surface area contributed by atoms with Gasteiger partial charge in [-0.1, -0.05) is 29.8 Å². The summed E-state index contributed by atoms with van der Waals surface area (Å²) in [5, 5.41) is 7.88. The molecule has 2 aromatic heterocycles. The second kappa shape index (κ2) is 8.48. The molecule has 0 radical (unpaired) electrons. The Hall–Kier alpha value is -3.04. The fourth-order valence-corrected chi connectivity index (χ4v) is 4.90. The molecule has 0 saturated carbocycles. The number of nitrogens with zero attached hydrogens (tertiary/aromatic N) is 5. The van der Waals surface area contributed by atoms with E-state index in [1.54, 1.807) is 16.5 Å². The molecule has 8 nitrogen and oxygen atoms in total. The van der Waals surface area contributed by atoms with Crippen molar-refractivity contribution < 1.29 is 4.79 Å². The molecule has 0 unspecified atom stereocenters. The van der Waals surface area contributed by atoms with Crippen LogP contribution < -0.4 is 15.9 Å². The highest BCUT2D eigenvalue weighted by Crippen LogP contribution is 2.25. The number of aromatic nitrogens is 4. The van der Waals surface area contributed by atoms with Crippen LogP contribution >= 0.6 is 23.4 Å². The van der Waals surface area contributed by atoms with Crippen molar-refractivity contribution in [1.82, 2.24) is 19.2 Å². The first kappa shape index (κ1) is 20.8. The first-order valence-electron chi connectivity index (χ1n) is 10.3. The van der Waals surface area contributed by atoms with Crippen LogP contribution in [-0.4, -0.2) is 49.7 Å². The van der Waals surface area contributed by atoms with E-state index in [4.69, 9.17) is 16.6 Å². The van der Waals surface area contributed by atoms with E-state index < -0.39 is 0 Å². The van der Waals surface area contributed by atoms with Gasteiger partial charge in [0.15, 0.2) is 5.82 Å². The summed E-state index contributed by atoms with van der Waals surface area (Å²) in [6, 6.07) is 12.8. The van der Waals surface area contributed by atoms with E-state index >= 15 is 0 Å². The number of halogens is 1. The molecule has 32 heavy (non-hydrogen) atoms. The molecule has 10 heteroatoms. The number of benzene rings is 2. The Morgan fingerprint density at radius 1 is 1.19 bits per heavy atom. The number of rotatable bonds is 4. The number of hydrogen-bond acceptors (Lipinski definition) is 6. The average Bonchev–Trinajstić information content (AvgIpc) is 3.12. The minimum atomic E-state index is -0.371. The van der Waals surface area contributed by atoms with Gasteiger partial charge in [-0.2, -0.15) is 11.8 Å². The molecule has 1 saturated heterocycles. The van der Waals surface area contributed by atoms with Crippen molar-refractivity contribution in [2.75, 3.05) is 34.8 Å². The number of aryl methyl sites for hydroxylation is 1. The van der Waals surface area contributed by atoms with Crippen molar-refractivity contribution in [2.45, 2.75) is 13.5 Å². The Kier molecular flexibility index (Phi) is 5.52. The van der Waals surface area contributed by atoms with Gasteiger partial charge in [-0.3, -0.25) is 4.79 Å². The van der Waals surface area contributed by atoms with Gasteiger partial charge in [0.05, 0.1) is 11.0 Å². The predicted octanol–water partition coefficient (Wildman–Crippen LogP) is 3.20. The maximum Gasteiger partial charge on any atom is 0.351 e. The lowest BCUT2D eigenvalue weighted by Crippen LogP contribution is -2.33. The number of carbonyl (C=O) groups is 1.